The molecule has 3 N–H and O–H groups in total. The van der Waals surface area contributed by atoms with Gasteiger partial charge in [-0.25, -0.2) is 9.97 Å². The highest BCUT2D eigenvalue weighted by Crippen LogP contribution is 2.33. The molecule has 1 amide bonds. The number of ether oxygens (including phenoxy) is 1. The summed E-state index contributed by atoms with van der Waals surface area (Å²) in [4.78, 5) is 22.2. The number of rotatable bonds is 6. The second-order valence-corrected chi connectivity index (χ2v) is 10.3. The summed E-state index contributed by atoms with van der Waals surface area (Å²) in [5, 5.41) is 14.9. The van der Waals surface area contributed by atoms with Crippen molar-refractivity contribution in [1.82, 2.24) is 20.2 Å². The quantitative estimate of drug-likeness (QED) is 0.302. The molecule has 0 radical (unpaired) electrons. The number of aromatic amines is 1. The molecule has 0 spiro atoms. The average molecular weight is 538 g/mol. The zero-order chi connectivity index (χ0) is 25.6. The van der Waals surface area contributed by atoms with Gasteiger partial charge in [-0.15, -0.1) is 0 Å². The van der Waals surface area contributed by atoms with E-state index in [9.17, 15) is 4.79 Å². The molecule has 6 rings (SSSR count). The number of anilines is 4. The zero-order valence-electron chi connectivity index (χ0n) is 20.4. The van der Waals surface area contributed by atoms with Gasteiger partial charge < -0.3 is 20.3 Å². The molecule has 1 aliphatic carbocycles. The second-order valence-electron chi connectivity index (χ2n) is 8.69. The number of carbonyl (C=O) groups excluding carboxylic acids is 1. The SMILES string of the molecule is COc1ccc(NC(=O)C2CC2)cc1.Clc1c(Nc2n[nH]c3ccccc23)ncnc1N1CCSCC1. The number of hydrogen-bond donors (Lipinski definition) is 3. The minimum absolute atomic E-state index is 0.134. The molecular formula is C26H28ClN7O2S. The van der Waals surface area contributed by atoms with Gasteiger partial charge in [0.15, 0.2) is 17.5 Å². The molecule has 0 atom stereocenters. The van der Waals surface area contributed by atoms with Gasteiger partial charge in [-0.05, 0) is 49.2 Å². The summed E-state index contributed by atoms with van der Waals surface area (Å²) in [5.41, 5.74) is 1.80. The zero-order valence-corrected chi connectivity index (χ0v) is 22.0. The van der Waals surface area contributed by atoms with Crippen molar-refractivity contribution in [3.05, 3.63) is 59.9 Å². The first-order valence-electron chi connectivity index (χ1n) is 12.1. The molecule has 2 aromatic carbocycles. The molecule has 2 aromatic heterocycles. The van der Waals surface area contributed by atoms with E-state index in [1.165, 1.54) is 0 Å². The molecule has 11 heteroatoms. The number of para-hydroxylation sites is 1. The van der Waals surface area contributed by atoms with Crippen LogP contribution >= 0.6 is 23.4 Å². The fourth-order valence-electron chi connectivity index (χ4n) is 3.88. The lowest BCUT2D eigenvalue weighted by Crippen LogP contribution is -2.33. The molecule has 192 valence electrons. The number of thioether (sulfide) groups is 1. The first-order valence-corrected chi connectivity index (χ1v) is 13.6. The maximum atomic E-state index is 11.4. The summed E-state index contributed by atoms with van der Waals surface area (Å²) in [5.74, 6) is 5.43. The Labute approximate surface area is 224 Å². The van der Waals surface area contributed by atoms with Crippen LogP contribution in [0.4, 0.5) is 23.1 Å². The van der Waals surface area contributed by atoms with E-state index in [1.54, 1.807) is 13.4 Å². The summed E-state index contributed by atoms with van der Waals surface area (Å²) in [6, 6.07) is 15.3. The van der Waals surface area contributed by atoms with Crippen molar-refractivity contribution < 1.29 is 9.53 Å². The predicted octanol–water partition coefficient (Wildman–Crippen LogP) is 5.35. The van der Waals surface area contributed by atoms with E-state index in [4.69, 9.17) is 16.3 Å². The van der Waals surface area contributed by atoms with Crippen LogP contribution in [-0.2, 0) is 4.79 Å². The van der Waals surface area contributed by atoms with Crippen molar-refractivity contribution in [2.75, 3.05) is 47.2 Å². The lowest BCUT2D eigenvalue weighted by Gasteiger charge is -2.28. The van der Waals surface area contributed by atoms with Gasteiger partial charge in [-0.2, -0.15) is 16.9 Å². The van der Waals surface area contributed by atoms with Crippen LogP contribution in [0.3, 0.4) is 0 Å². The second kappa shape index (κ2) is 11.7. The van der Waals surface area contributed by atoms with Gasteiger partial charge in [0.25, 0.3) is 0 Å². The van der Waals surface area contributed by atoms with E-state index >= 15 is 0 Å². The largest absolute Gasteiger partial charge is 0.497 e. The van der Waals surface area contributed by atoms with Gasteiger partial charge in [0.1, 0.15) is 17.1 Å². The van der Waals surface area contributed by atoms with Crippen LogP contribution in [0.15, 0.2) is 54.9 Å². The van der Waals surface area contributed by atoms with Crippen molar-refractivity contribution >= 4 is 63.3 Å². The molecule has 3 heterocycles. The number of nitrogens with zero attached hydrogens (tertiary/aromatic N) is 4. The highest BCUT2D eigenvalue weighted by atomic mass is 35.5. The highest BCUT2D eigenvalue weighted by molar-refractivity contribution is 7.99. The number of amides is 1. The Kier molecular flexibility index (Phi) is 7.96. The first kappa shape index (κ1) is 25.2. The molecule has 9 nitrogen and oxygen atoms in total. The van der Waals surface area contributed by atoms with Crippen molar-refractivity contribution in [2.45, 2.75) is 12.8 Å². The summed E-state index contributed by atoms with van der Waals surface area (Å²) in [7, 11) is 1.62. The molecule has 2 fully saturated rings. The van der Waals surface area contributed by atoms with Crippen molar-refractivity contribution in [1.29, 1.82) is 0 Å². The summed E-state index contributed by atoms with van der Waals surface area (Å²) in [6.07, 6.45) is 3.60. The van der Waals surface area contributed by atoms with Crippen LogP contribution in [-0.4, -0.2) is 57.8 Å². The van der Waals surface area contributed by atoms with Crippen LogP contribution in [0.1, 0.15) is 12.8 Å². The lowest BCUT2D eigenvalue weighted by molar-refractivity contribution is -0.117. The number of aromatic nitrogens is 4. The normalized spacial score (nSPS) is 15.0. The van der Waals surface area contributed by atoms with Crippen LogP contribution in [0.2, 0.25) is 5.02 Å². The van der Waals surface area contributed by atoms with Gasteiger partial charge in [0.2, 0.25) is 5.91 Å². The number of nitrogens with one attached hydrogen (secondary N) is 3. The topological polar surface area (TPSA) is 108 Å². The molecule has 37 heavy (non-hydrogen) atoms. The average Bonchev–Trinajstić information content (AvgIpc) is 3.73. The maximum Gasteiger partial charge on any atom is 0.227 e. The van der Waals surface area contributed by atoms with Crippen LogP contribution in [0, 0.1) is 5.92 Å². The monoisotopic (exact) mass is 537 g/mol. The highest BCUT2D eigenvalue weighted by Gasteiger charge is 2.29. The van der Waals surface area contributed by atoms with Gasteiger partial charge in [-0.3, -0.25) is 9.89 Å². The van der Waals surface area contributed by atoms with Crippen molar-refractivity contribution in [3.8, 4) is 5.75 Å². The number of fused-ring (bicyclic) bond motifs is 1. The standard InChI is InChI=1S/C15H15ClN6S.C11H13NO2/c16-12-14(17-9-18-15(12)22-5-7-23-8-6-22)19-13-10-3-1-2-4-11(10)20-21-13;1-14-10-6-4-9(5-7-10)12-11(13)8-2-3-8/h1-4,9H,5-8H2,(H2,17,18,19,20,21);4-8H,2-3H2,1H3,(H,12,13). The molecule has 0 unspecified atom stereocenters. The Bertz CT molecular complexity index is 1350. The van der Waals surface area contributed by atoms with E-state index in [0.717, 1.165) is 65.6 Å². The number of halogens is 1. The molecule has 1 saturated carbocycles. The maximum absolute atomic E-state index is 11.4. The number of hydrogen-bond acceptors (Lipinski definition) is 8. The Morgan fingerprint density at radius 2 is 1.84 bits per heavy atom. The van der Waals surface area contributed by atoms with Gasteiger partial charge in [0, 0.05) is 41.6 Å². The molecule has 1 aliphatic heterocycles. The van der Waals surface area contributed by atoms with Gasteiger partial charge >= 0.3 is 0 Å². The smallest absolute Gasteiger partial charge is 0.227 e. The van der Waals surface area contributed by atoms with E-state index in [2.05, 4.69) is 35.7 Å². The Morgan fingerprint density at radius 1 is 1.08 bits per heavy atom. The fourth-order valence-corrected chi connectivity index (χ4v) is 5.05. The lowest BCUT2D eigenvalue weighted by atomic mass is 10.2. The number of methoxy groups -OCH3 is 1. The summed E-state index contributed by atoms with van der Waals surface area (Å²) in [6.45, 7) is 1.90. The molecule has 1 saturated heterocycles. The molecule has 2 aliphatic rings. The minimum Gasteiger partial charge on any atom is -0.497 e. The summed E-state index contributed by atoms with van der Waals surface area (Å²) >= 11 is 8.49. The third-order valence-electron chi connectivity index (χ3n) is 6.09. The Balaban J connectivity index is 0.000000171. The van der Waals surface area contributed by atoms with Crippen molar-refractivity contribution in [3.63, 3.8) is 0 Å². The molecule has 0 bridgehead atoms. The van der Waals surface area contributed by atoms with E-state index in [1.807, 2.05) is 60.3 Å². The third-order valence-corrected chi connectivity index (χ3v) is 7.39. The number of carbonyl (C=O) groups is 1. The Hall–Kier alpha value is -3.50. The number of H-pyrrole nitrogens is 1. The van der Waals surface area contributed by atoms with Crippen LogP contribution < -0.4 is 20.3 Å². The van der Waals surface area contributed by atoms with Crippen molar-refractivity contribution in [2.24, 2.45) is 5.92 Å². The fraction of sp³-hybridized carbons (Fsp3) is 0.308. The number of benzene rings is 2. The molecule has 4 aromatic rings. The van der Waals surface area contributed by atoms with Crippen LogP contribution in [0.5, 0.6) is 5.75 Å². The van der Waals surface area contributed by atoms with Gasteiger partial charge in [0.05, 0.1) is 12.6 Å². The first-order chi connectivity index (χ1) is 18.1. The summed E-state index contributed by atoms with van der Waals surface area (Å²) < 4.78 is 5.02. The Morgan fingerprint density at radius 3 is 2.57 bits per heavy atom. The van der Waals surface area contributed by atoms with E-state index in [0.29, 0.717) is 16.7 Å². The van der Waals surface area contributed by atoms with Crippen LogP contribution in [0.25, 0.3) is 10.9 Å². The molecular weight excluding hydrogens is 510 g/mol. The minimum atomic E-state index is 0.134. The predicted molar refractivity (Wildman–Crippen MR) is 150 cm³/mol. The van der Waals surface area contributed by atoms with Gasteiger partial charge in [-0.1, -0.05) is 23.7 Å². The van der Waals surface area contributed by atoms with E-state index in [-0.39, 0.29) is 11.8 Å². The van der Waals surface area contributed by atoms with E-state index < -0.39 is 0 Å². The third kappa shape index (κ3) is 6.26.